The number of rotatable bonds is 4. The lowest BCUT2D eigenvalue weighted by Crippen LogP contribution is -2.50. The molecule has 34 heavy (non-hydrogen) atoms. The molecule has 2 amide bonds. The van der Waals surface area contributed by atoms with Crippen molar-refractivity contribution >= 4 is 23.5 Å². The minimum Gasteiger partial charge on any atom is -0.444 e. The first-order valence-corrected chi connectivity index (χ1v) is 11.3. The fourth-order valence-corrected chi connectivity index (χ4v) is 3.72. The number of aromatic nitrogens is 3. The fraction of sp³-hybridized carbons (Fsp3) is 0.360. The summed E-state index contributed by atoms with van der Waals surface area (Å²) in [5.74, 6) is 0.136. The van der Waals surface area contributed by atoms with Crippen LogP contribution < -0.4 is 10.2 Å². The fourth-order valence-electron chi connectivity index (χ4n) is 3.72. The molecule has 2 aromatic heterocycles. The molecule has 1 aliphatic heterocycles. The molecule has 0 unspecified atom stereocenters. The lowest BCUT2D eigenvalue weighted by Gasteiger charge is -2.36. The second-order valence-electron chi connectivity index (χ2n) is 9.23. The smallest absolute Gasteiger partial charge is 0.410 e. The van der Waals surface area contributed by atoms with E-state index in [9.17, 15) is 9.59 Å². The maximum absolute atomic E-state index is 12.7. The monoisotopic (exact) mass is 462 g/mol. The Morgan fingerprint density at radius 2 is 1.68 bits per heavy atom. The van der Waals surface area contributed by atoms with E-state index in [4.69, 9.17) is 4.74 Å². The number of anilines is 2. The van der Waals surface area contributed by atoms with Crippen LogP contribution in [0.1, 0.15) is 37.0 Å². The van der Waals surface area contributed by atoms with E-state index in [1.807, 2.05) is 64.1 Å². The van der Waals surface area contributed by atoms with Crippen molar-refractivity contribution in [1.82, 2.24) is 19.7 Å². The Kier molecular flexibility index (Phi) is 6.54. The summed E-state index contributed by atoms with van der Waals surface area (Å²) in [7, 11) is 0. The zero-order valence-corrected chi connectivity index (χ0v) is 20.0. The van der Waals surface area contributed by atoms with Gasteiger partial charge in [-0.05, 0) is 58.0 Å². The standard InChI is InChI=1S/C25H30N6O3/c1-18-16-21(28-31(18)19-8-6-5-7-9-19)23(32)27-22-11-10-20(17-26-22)29-12-14-30(15-13-29)24(33)34-25(2,3)4/h5-11,16-17H,12-15H2,1-4H3,(H,26,27,32). The van der Waals surface area contributed by atoms with E-state index in [1.165, 1.54) is 0 Å². The van der Waals surface area contributed by atoms with Crippen molar-refractivity contribution in [2.24, 2.45) is 0 Å². The number of hydrogen-bond donors (Lipinski definition) is 1. The predicted octanol–water partition coefficient (Wildman–Crippen LogP) is 3.89. The molecule has 1 aliphatic rings. The topological polar surface area (TPSA) is 92.6 Å². The number of para-hydroxylation sites is 1. The van der Waals surface area contributed by atoms with Crippen LogP contribution in [0.3, 0.4) is 0 Å². The SMILES string of the molecule is Cc1cc(C(=O)Nc2ccc(N3CCN(C(=O)OC(C)(C)C)CC3)cn2)nn1-c1ccccc1. The summed E-state index contributed by atoms with van der Waals surface area (Å²) in [5, 5.41) is 7.25. The molecule has 3 aromatic rings. The highest BCUT2D eigenvalue weighted by Gasteiger charge is 2.26. The summed E-state index contributed by atoms with van der Waals surface area (Å²) >= 11 is 0. The van der Waals surface area contributed by atoms with E-state index in [-0.39, 0.29) is 12.0 Å². The van der Waals surface area contributed by atoms with E-state index >= 15 is 0 Å². The quantitative estimate of drug-likeness (QED) is 0.633. The molecular formula is C25H30N6O3. The molecule has 0 bridgehead atoms. The number of benzene rings is 1. The second kappa shape index (κ2) is 9.54. The average Bonchev–Trinajstić information content (AvgIpc) is 3.21. The van der Waals surface area contributed by atoms with Crippen molar-refractivity contribution in [3.63, 3.8) is 0 Å². The highest BCUT2D eigenvalue weighted by Crippen LogP contribution is 2.19. The Balaban J connectivity index is 1.34. The van der Waals surface area contributed by atoms with Gasteiger partial charge in [-0.15, -0.1) is 0 Å². The summed E-state index contributed by atoms with van der Waals surface area (Å²) in [4.78, 5) is 33.2. The Morgan fingerprint density at radius 3 is 2.29 bits per heavy atom. The van der Waals surface area contributed by atoms with Crippen molar-refractivity contribution in [3.8, 4) is 5.69 Å². The first-order chi connectivity index (χ1) is 16.2. The third kappa shape index (κ3) is 5.54. The highest BCUT2D eigenvalue weighted by molar-refractivity contribution is 6.02. The third-order valence-corrected chi connectivity index (χ3v) is 5.41. The molecule has 1 fully saturated rings. The molecule has 1 N–H and O–H groups in total. The van der Waals surface area contributed by atoms with Gasteiger partial charge >= 0.3 is 6.09 Å². The van der Waals surface area contributed by atoms with Gasteiger partial charge in [0.1, 0.15) is 11.4 Å². The van der Waals surface area contributed by atoms with Crippen molar-refractivity contribution < 1.29 is 14.3 Å². The van der Waals surface area contributed by atoms with Crippen molar-refractivity contribution in [1.29, 1.82) is 0 Å². The Hall–Kier alpha value is -3.88. The number of pyridine rings is 1. The number of piperazine rings is 1. The van der Waals surface area contributed by atoms with Gasteiger partial charge in [0, 0.05) is 31.9 Å². The summed E-state index contributed by atoms with van der Waals surface area (Å²) in [5.41, 5.74) is 2.52. The van der Waals surface area contributed by atoms with E-state index in [2.05, 4.69) is 20.3 Å². The van der Waals surface area contributed by atoms with Gasteiger partial charge in [-0.3, -0.25) is 4.79 Å². The molecule has 0 radical (unpaired) electrons. The Labute approximate surface area is 199 Å². The lowest BCUT2D eigenvalue weighted by atomic mass is 10.2. The van der Waals surface area contributed by atoms with Crippen molar-refractivity contribution in [2.75, 3.05) is 36.4 Å². The molecule has 9 heteroatoms. The van der Waals surface area contributed by atoms with Gasteiger partial charge in [0.2, 0.25) is 0 Å². The van der Waals surface area contributed by atoms with Gasteiger partial charge < -0.3 is 19.9 Å². The molecule has 0 saturated carbocycles. The maximum atomic E-state index is 12.7. The van der Waals surface area contributed by atoms with Gasteiger partial charge in [0.05, 0.1) is 17.6 Å². The number of carbonyl (C=O) groups excluding carboxylic acids is 2. The number of ether oxygens (including phenoxy) is 1. The summed E-state index contributed by atoms with van der Waals surface area (Å²) < 4.78 is 7.19. The lowest BCUT2D eigenvalue weighted by molar-refractivity contribution is 0.0240. The van der Waals surface area contributed by atoms with E-state index in [1.54, 1.807) is 27.9 Å². The molecule has 3 heterocycles. The number of nitrogens with one attached hydrogen (secondary N) is 1. The molecule has 1 saturated heterocycles. The molecule has 1 aromatic carbocycles. The van der Waals surface area contributed by atoms with E-state index < -0.39 is 5.60 Å². The Bertz CT molecular complexity index is 1140. The van der Waals surface area contributed by atoms with Crippen LogP contribution in [-0.2, 0) is 4.74 Å². The van der Waals surface area contributed by atoms with Crippen LogP contribution >= 0.6 is 0 Å². The molecule has 178 valence electrons. The maximum Gasteiger partial charge on any atom is 0.410 e. The number of aryl methyl sites for hydroxylation is 1. The zero-order chi connectivity index (χ0) is 24.3. The average molecular weight is 463 g/mol. The van der Waals surface area contributed by atoms with Crippen LogP contribution in [0.2, 0.25) is 0 Å². The predicted molar refractivity (Wildman–Crippen MR) is 131 cm³/mol. The molecule has 0 aliphatic carbocycles. The van der Waals surface area contributed by atoms with Crippen LogP contribution in [0.25, 0.3) is 5.69 Å². The van der Waals surface area contributed by atoms with Crippen LogP contribution in [-0.4, -0.2) is 63.4 Å². The normalized spacial score (nSPS) is 14.1. The van der Waals surface area contributed by atoms with Gasteiger partial charge in [-0.2, -0.15) is 5.10 Å². The molecule has 0 spiro atoms. The van der Waals surface area contributed by atoms with Gasteiger partial charge in [-0.1, -0.05) is 18.2 Å². The van der Waals surface area contributed by atoms with Crippen LogP contribution in [0.15, 0.2) is 54.7 Å². The largest absolute Gasteiger partial charge is 0.444 e. The van der Waals surface area contributed by atoms with Crippen LogP contribution in [0.4, 0.5) is 16.3 Å². The summed E-state index contributed by atoms with van der Waals surface area (Å²) in [6.07, 6.45) is 1.44. The van der Waals surface area contributed by atoms with Crippen LogP contribution in [0.5, 0.6) is 0 Å². The third-order valence-electron chi connectivity index (χ3n) is 5.41. The first-order valence-electron chi connectivity index (χ1n) is 11.3. The minimum atomic E-state index is -0.503. The zero-order valence-electron chi connectivity index (χ0n) is 20.0. The molecule has 9 nitrogen and oxygen atoms in total. The summed E-state index contributed by atoms with van der Waals surface area (Å²) in [6, 6.07) is 15.1. The Morgan fingerprint density at radius 1 is 0.971 bits per heavy atom. The van der Waals surface area contributed by atoms with Crippen LogP contribution in [0, 0.1) is 6.92 Å². The van der Waals surface area contributed by atoms with Gasteiger partial charge in [0.25, 0.3) is 5.91 Å². The number of hydrogen-bond acceptors (Lipinski definition) is 6. The molecule has 0 atom stereocenters. The molecular weight excluding hydrogens is 432 g/mol. The number of amides is 2. The van der Waals surface area contributed by atoms with Crippen molar-refractivity contribution in [3.05, 3.63) is 66.1 Å². The van der Waals surface area contributed by atoms with E-state index in [0.717, 1.165) is 17.1 Å². The number of nitrogens with zero attached hydrogens (tertiary/aromatic N) is 5. The highest BCUT2D eigenvalue weighted by atomic mass is 16.6. The molecule has 4 rings (SSSR count). The van der Waals surface area contributed by atoms with Crippen molar-refractivity contribution in [2.45, 2.75) is 33.3 Å². The number of carbonyl (C=O) groups is 2. The summed E-state index contributed by atoms with van der Waals surface area (Å²) in [6.45, 7) is 10.0. The van der Waals surface area contributed by atoms with E-state index in [0.29, 0.717) is 37.7 Å². The van der Waals surface area contributed by atoms with Gasteiger partial charge in [0.15, 0.2) is 5.69 Å². The second-order valence-corrected chi connectivity index (χ2v) is 9.23. The minimum absolute atomic E-state index is 0.284. The first kappa shape index (κ1) is 23.3. The van der Waals surface area contributed by atoms with Gasteiger partial charge in [-0.25, -0.2) is 14.5 Å².